The topological polar surface area (TPSA) is 61.7 Å². The molecule has 0 aliphatic heterocycles. The molecule has 2 N–H and O–H groups in total. The maximum absolute atomic E-state index is 14.3. The van der Waals surface area contributed by atoms with Crippen LogP contribution in [-0.4, -0.2) is 19.3 Å². The number of aromatic nitrogens is 4. The zero-order valence-corrected chi connectivity index (χ0v) is 12.4. The molecule has 0 radical (unpaired) electrons. The molecule has 0 aliphatic carbocycles. The maximum Gasteiger partial charge on any atom is 0.207 e. The van der Waals surface area contributed by atoms with Crippen LogP contribution in [0.4, 0.5) is 10.3 Å². The number of nitrogen functional groups attached to an aromatic ring is 1. The number of fused-ring (bicyclic) bond motifs is 1. The lowest BCUT2D eigenvalue weighted by atomic mass is 10.2. The lowest BCUT2D eigenvalue weighted by molar-refractivity contribution is 0.616. The zero-order valence-electron chi connectivity index (χ0n) is 12.4. The Hall–Kier alpha value is -2.37. The van der Waals surface area contributed by atoms with Crippen LogP contribution in [0.15, 0.2) is 18.2 Å². The normalized spacial score (nSPS) is 11.4. The van der Waals surface area contributed by atoms with Gasteiger partial charge in [0.2, 0.25) is 5.95 Å². The Morgan fingerprint density at radius 2 is 2.10 bits per heavy atom. The third-order valence-electron chi connectivity index (χ3n) is 3.63. The Balaban J connectivity index is 2.36. The summed E-state index contributed by atoms with van der Waals surface area (Å²) in [4.78, 5) is 4.40. The molecule has 2 heterocycles. The molecule has 0 spiro atoms. The summed E-state index contributed by atoms with van der Waals surface area (Å²) in [5.41, 5.74) is 9.66. The highest BCUT2D eigenvalue weighted by Gasteiger charge is 2.21. The number of anilines is 1. The lowest BCUT2D eigenvalue weighted by Gasteiger charge is -2.11. The van der Waals surface area contributed by atoms with E-state index in [0.29, 0.717) is 5.69 Å². The molecule has 1 aromatic carbocycles. The molecule has 0 saturated carbocycles. The molecule has 0 bridgehead atoms. The monoisotopic (exact) mass is 287 g/mol. The molecule has 0 saturated heterocycles. The first-order valence-corrected chi connectivity index (χ1v) is 6.99. The number of halogens is 1. The molecular weight excluding hydrogens is 269 g/mol. The van der Waals surface area contributed by atoms with Crippen molar-refractivity contribution in [3.8, 4) is 5.69 Å². The largest absolute Gasteiger partial charge is 0.369 e. The fraction of sp³-hybridized carbons (Fsp3) is 0.333. The van der Waals surface area contributed by atoms with Crippen molar-refractivity contribution >= 4 is 17.1 Å². The van der Waals surface area contributed by atoms with E-state index in [9.17, 15) is 4.39 Å². The zero-order chi connectivity index (χ0) is 15.1. The van der Waals surface area contributed by atoms with Gasteiger partial charge in [0.1, 0.15) is 11.3 Å². The minimum atomic E-state index is -0.320. The van der Waals surface area contributed by atoms with Gasteiger partial charge in [-0.15, -0.1) is 0 Å². The standard InChI is InChI=1S/C15H18FN5/c1-4-6-11-12-14(20(3)19-11)21(15(17)18-12)13-9(2)7-5-8-10(13)16/h5,7-8H,4,6H2,1-3H3,(H2,17,18). The van der Waals surface area contributed by atoms with Crippen LogP contribution in [0.1, 0.15) is 24.6 Å². The lowest BCUT2D eigenvalue weighted by Crippen LogP contribution is -2.08. The molecule has 2 aromatic heterocycles. The third kappa shape index (κ3) is 1.98. The molecule has 3 rings (SSSR count). The van der Waals surface area contributed by atoms with Gasteiger partial charge < -0.3 is 5.73 Å². The number of nitrogens with two attached hydrogens (primary N) is 1. The number of para-hydroxylation sites is 1. The first kappa shape index (κ1) is 13.6. The van der Waals surface area contributed by atoms with Gasteiger partial charge in [-0.3, -0.25) is 4.57 Å². The van der Waals surface area contributed by atoms with Crippen LogP contribution in [0.25, 0.3) is 16.9 Å². The third-order valence-corrected chi connectivity index (χ3v) is 3.63. The highest BCUT2D eigenvalue weighted by atomic mass is 19.1. The van der Waals surface area contributed by atoms with Crippen molar-refractivity contribution in [2.75, 3.05) is 5.73 Å². The average Bonchev–Trinajstić information content (AvgIpc) is 2.90. The SMILES string of the molecule is CCCc1nn(C)c2c1nc(N)n2-c1c(C)cccc1F. The van der Waals surface area contributed by atoms with Crippen LogP contribution in [-0.2, 0) is 13.5 Å². The first-order chi connectivity index (χ1) is 10.0. The van der Waals surface area contributed by atoms with E-state index in [-0.39, 0.29) is 11.8 Å². The van der Waals surface area contributed by atoms with Gasteiger partial charge in [-0.25, -0.2) is 14.1 Å². The second kappa shape index (κ2) is 4.87. The van der Waals surface area contributed by atoms with E-state index < -0.39 is 0 Å². The van der Waals surface area contributed by atoms with E-state index in [4.69, 9.17) is 5.73 Å². The van der Waals surface area contributed by atoms with Crippen molar-refractivity contribution in [2.45, 2.75) is 26.7 Å². The molecule has 6 heteroatoms. The molecule has 0 fully saturated rings. The van der Waals surface area contributed by atoms with Gasteiger partial charge in [-0.2, -0.15) is 5.10 Å². The summed E-state index contributed by atoms with van der Waals surface area (Å²) in [6, 6.07) is 4.97. The highest BCUT2D eigenvalue weighted by molar-refractivity contribution is 5.80. The van der Waals surface area contributed by atoms with Crippen LogP contribution < -0.4 is 5.73 Å². The number of nitrogens with zero attached hydrogens (tertiary/aromatic N) is 4. The van der Waals surface area contributed by atoms with Gasteiger partial charge in [-0.05, 0) is 25.0 Å². The van der Waals surface area contributed by atoms with E-state index in [1.165, 1.54) is 6.07 Å². The quantitative estimate of drug-likeness (QED) is 0.805. The van der Waals surface area contributed by atoms with E-state index in [0.717, 1.165) is 35.3 Å². The van der Waals surface area contributed by atoms with Crippen LogP contribution in [0.2, 0.25) is 0 Å². The summed E-state index contributed by atoms with van der Waals surface area (Å²) in [6.45, 7) is 3.94. The van der Waals surface area contributed by atoms with Crippen molar-refractivity contribution in [1.82, 2.24) is 19.3 Å². The van der Waals surface area contributed by atoms with Crippen LogP contribution in [0.5, 0.6) is 0 Å². The van der Waals surface area contributed by atoms with Crippen molar-refractivity contribution in [2.24, 2.45) is 7.05 Å². The number of imidazole rings is 1. The number of hydrogen-bond acceptors (Lipinski definition) is 3. The Morgan fingerprint density at radius 1 is 1.33 bits per heavy atom. The van der Waals surface area contributed by atoms with Gasteiger partial charge in [0.05, 0.1) is 11.4 Å². The smallest absolute Gasteiger partial charge is 0.207 e. The van der Waals surface area contributed by atoms with Gasteiger partial charge in [0, 0.05) is 7.05 Å². The minimum Gasteiger partial charge on any atom is -0.369 e. The molecule has 21 heavy (non-hydrogen) atoms. The molecular formula is C15H18FN5. The number of rotatable bonds is 3. The summed E-state index contributed by atoms with van der Waals surface area (Å²) in [5, 5.41) is 4.48. The Labute approximate surface area is 122 Å². The summed E-state index contributed by atoms with van der Waals surface area (Å²) in [6.07, 6.45) is 1.79. The van der Waals surface area contributed by atoms with Gasteiger partial charge >= 0.3 is 0 Å². The summed E-state index contributed by atoms with van der Waals surface area (Å²) < 4.78 is 17.6. The van der Waals surface area contributed by atoms with Crippen molar-refractivity contribution in [3.05, 3.63) is 35.3 Å². The highest BCUT2D eigenvalue weighted by Crippen LogP contribution is 2.28. The van der Waals surface area contributed by atoms with E-state index in [1.54, 1.807) is 15.3 Å². The van der Waals surface area contributed by atoms with Crippen molar-refractivity contribution in [1.29, 1.82) is 0 Å². The van der Waals surface area contributed by atoms with Crippen LogP contribution in [0, 0.1) is 12.7 Å². The van der Waals surface area contributed by atoms with E-state index in [2.05, 4.69) is 17.0 Å². The van der Waals surface area contributed by atoms with Gasteiger partial charge in [0.15, 0.2) is 5.65 Å². The first-order valence-electron chi connectivity index (χ1n) is 6.99. The Bertz CT molecular complexity index is 795. The van der Waals surface area contributed by atoms with Gasteiger partial charge in [0.25, 0.3) is 0 Å². The number of aryl methyl sites for hydroxylation is 3. The molecule has 5 nitrogen and oxygen atoms in total. The van der Waals surface area contributed by atoms with E-state index in [1.807, 2.05) is 20.0 Å². The summed E-state index contributed by atoms with van der Waals surface area (Å²) in [5.74, 6) is -0.0391. The second-order valence-electron chi connectivity index (χ2n) is 5.20. The van der Waals surface area contributed by atoms with Gasteiger partial charge in [-0.1, -0.05) is 25.5 Å². The number of benzene rings is 1. The molecule has 0 aliphatic rings. The molecule has 0 unspecified atom stereocenters. The summed E-state index contributed by atoms with van der Waals surface area (Å²) in [7, 11) is 1.83. The molecule has 3 aromatic rings. The minimum absolute atomic E-state index is 0.281. The number of hydrogen-bond donors (Lipinski definition) is 1. The average molecular weight is 287 g/mol. The van der Waals surface area contributed by atoms with E-state index >= 15 is 0 Å². The Morgan fingerprint density at radius 3 is 2.76 bits per heavy atom. The Kier molecular flexibility index (Phi) is 3.16. The van der Waals surface area contributed by atoms with Crippen LogP contribution in [0.3, 0.4) is 0 Å². The van der Waals surface area contributed by atoms with Crippen LogP contribution >= 0.6 is 0 Å². The van der Waals surface area contributed by atoms with Crippen molar-refractivity contribution in [3.63, 3.8) is 0 Å². The predicted octanol–water partition coefficient (Wildman–Crippen LogP) is 2.74. The maximum atomic E-state index is 14.3. The molecule has 110 valence electrons. The second-order valence-corrected chi connectivity index (χ2v) is 5.20. The fourth-order valence-corrected chi connectivity index (χ4v) is 2.73. The predicted molar refractivity (Wildman–Crippen MR) is 80.9 cm³/mol. The molecule has 0 atom stereocenters. The summed E-state index contributed by atoms with van der Waals surface area (Å²) >= 11 is 0. The fourth-order valence-electron chi connectivity index (χ4n) is 2.73. The van der Waals surface area contributed by atoms with Crippen molar-refractivity contribution < 1.29 is 4.39 Å². The molecule has 0 amide bonds.